The zero-order valence-corrected chi connectivity index (χ0v) is 14.2. The number of hydrogen-bond acceptors (Lipinski definition) is 4. The Bertz CT molecular complexity index is 884. The molecule has 0 amide bonds. The fraction of sp³-hybridized carbons (Fsp3) is 0.450. The molecule has 0 saturated carbocycles. The Hall–Kier alpha value is -2.27. The van der Waals surface area contributed by atoms with Crippen LogP contribution in [0, 0.1) is 11.8 Å². The smallest absolute Gasteiger partial charge is 0.0996 e. The van der Waals surface area contributed by atoms with Gasteiger partial charge in [0, 0.05) is 41.2 Å². The Labute approximate surface area is 146 Å². The van der Waals surface area contributed by atoms with Crippen LogP contribution in [0.2, 0.25) is 0 Å². The van der Waals surface area contributed by atoms with Gasteiger partial charge in [0.15, 0.2) is 0 Å². The Morgan fingerprint density at radius 1 is 1.36 bits per heavy atom. The summed E-state index contributed by atoms with van der Waals surface area (Å²) in [6.45, 7) is 3.93. The van der Waals surface area contributed by atoms with Gasteiger partial charge in [0.05, 0.1) is 24.4 Å². The predicted octanol–water partition coefficient (Wildman–Crippen LogP) is 1.76. The molecule has 0 bridgehead atoms. The van der Waals surface area contributed by atoms with Crippen molar-refractivity contribution in [3.05, 3.63) is 47.4 Å². The summed E-state index contributed by atoms with van der Waals surface area (Å²) >= 11 is 0. The largest absolute Gasteiger partial charge is 0.545 e. The average molecular weight is 337 g/mol. The first-order valence-corrected chi connectivity index (χ1v) is 9.04. The van der Waals surface area contributed by atoms with Crippen molar-refractivity contribution >= 4 is 16.9 Å². The van der Waals surface area contributed by atoms with Crippen LogP contribution in [0.25, 0.3) is 10.9 Å². The van der Waals surface area contributed by atoms with Crippen LogP contribution in [0.5, 0.6) is 0 Å². The molecule has 2 aromatic rings. The van der Waals surface area contributed by atoms with E-state index in [-0.39, 0.29) is 24.0 Å². The van der Waals surface area contributed by atoms with Gasteiger partial charge in [-0.25, -0.2) is 0 Å². The summed E-state index contributed by atoms with van der Waals surface area (Å²) in [5.41, 5.74) is 4.16. The van der Waals surface area contributed by atoms with Gasteiger partial charge in [-0.15, -0.1) is 0 Å². The Balaban J connectivity index is 1.57. The quantitative estimate of drug-likeness (QED) is 0.861. The minimum absolute atomic E-state index is 0.00707. The Morgan fingerprint density at radius 2 is 2.20 bits per heavy atom. The molecule has 4 atom stereocenters. The van der Waals surface area contributed by atoms with Crippen molar-refractivity contribution in [2.24, 2.45) is 11.8 Å². The molecule has 3 aliphatic rings. The summed E-state index contributed by atoms with van der Waals surface area (Å²) in [5.74, 6) is -0.893. The standard InChI is InChI=1S/C20H22N2O3/c1-11-15-9-22-7-6-13-12-4-2-3-5-17(12)21-19(13)18(22)8-14(15)16(10-25-11)20(23)24/h2-5,10-11,14-15,18,21H,6-9H2,1H3,(H,23,24)/p-1/t11-,14-,15-,18-/m0/s1. The van der Waals surface area contributed by atoms with Crippen molar-refractivity contribution in [1.29, 1.82) is 0 Å². The van der Waals surface area contributed by atoms with Gasteiger partial charge < -0.3 is 19.6 Å². The number of hydrogen-bond donors (Lipinski definition) is 1. The molecule has 25 heavy (non-hydrogen) atoms. The number of fused-ring (bicyclic) bond motifs is 6. The summed E-state index contributed by atoms with van der Waals surface area (Å²) in [5, 5.41) is 12.9. The van der Waals surface area contributed by atoms with Crippen molar-refractivity contribution in [3.63, 3.8) is 0 Å². The summed E-state index contributed by atoms with van der Waals surface area (Å²) in [4.78, 5) is 17.7. The van der Waals surface area contributed by atoms with Gasteiger partial charge in [0.25, 0.3) is 0 Å². The number of aromatic nitrogens is 1. The van der Waals surface area contributed by atoms with Crippen LogP contribution in [0.15, 0.2) is 36.1 Å². The normalized spacial score (nSPS) is 31.5. The molecule has 0 aliphatic carbocycles. The molecule has 4 heterocycles. The number of aliphatic carboxylic acids is 1. The third-order valence-corrected chi connectivity index (χ3v) is 6.36. The lowest BCUT2D eigenvalue weighted by Crippen LogP contribution is -2.52. The first-order valence-electron chi connectivity index (χ1n) is 9.04. The highest BCUT2D eigenvalue weighted by Crippen LogP contribution is 2.47. The molecule has 0 radical (unpaired) electrons. The monoisotopic (exact) mass is 337 g/mol. The highest BCUT2D eigenvalue weighted by atomic mass is 16.5. The molecule has 130 valence electrons. The fourth-order valence-corrected chi connectivity index (χ4v) is 5.07. The number of rotatable bonds is 1. The molecule has 1 N–H and O–H groups in total. The maximum Gasteiger partial charge on any atom is 0.0996 e. The van der Waals surface area contributed by atoms with E-state index in [1.54, 1.807) is 0 Å². The second-order valence-electron chi connectivity index (χ2n) is 7.53. The van der Waals surface area contributed by atoms with Crippen LogP contribution in [0.4, 0.5) is 0 Å². The van der Waals surface area contributed by atoms with Crippen LogP contribution in [-0.2, 0) is 16.0 Å². The Kier molecular flexibility index (Phi) is 3.22. The van der Waals surface area contributed by atoms with Crippen molar-refractivity contribution in [3.8, 4) is 0 Å². The van der Waals surface area contributed by atoms with Gasteiger partial charge in [0.1, 0.15) is 0 Å². The summed E-state index contributed by atoms with van der Waals surface area (Å²) in [6.07, 6.45) is 3.30. The third kappa shape index (κ3) is 2.15. The van der Waals surface area contributed by atoms with Crippen LogP contribution in [0.3, 0.4) is 0 Å². The molecule has 1 saturated heterocycles. The van der Waals surface area contributed by atoms with E-state index < -0.39 is 5.97 Å². The molecular formula is C20H21N2O3-. The number of nitrogens with zero attached hydrogens (tertiary/aromatic N) is 1. The van der Waals surface area contributed by atoms with Crippen LogP contribution in [0.1, 0.15) is 30.6 Å². The van der Waals surface area contributed by atoms with E-state index in [9.17, 15) is 9.90 Å². The molecule has 1 aromatic carbocycles. The van der Waals surface area contributed by atoms with Crippen molar-refractivity contribution in [2.45, 2.75) is 31.9 Å². The van der Waals surface area contributed by atoms with Gasteiger partial charge in [0.2, 0.25) is 0 Å². The minimum Gasteiger partial charge on any atom is -0.545 e. The molecule has 0 spiro atoms. The van der Waals surface area contributed by atoms with E-state index in [0.29, 0.717) is 5.57 Å². The number of piperidine rings is 1. The number of benzene rings is 1. The zero-order valence-electron chi connectivity index (χ0n) is 14.2. The average Bonchev–Trinajstić information content (AvgIpc) is 3.00. The van der Waals surface area contributed by atoms with E-state index in [2.05, 4.69) is 34.1 Å². The molecular weight excluding hydrogens is 316 g/mol. The molecule has 1 fully saturated rings. The van der Waals surface area contributed by atoms with Gasteiger partial charge >= 0.3 is 0 Å². The van der Waals surface area contributed by atoms with Crippen molar-refractivity contribution in [2.75, 3.05) is 13.1 Å². The lowest BCUT2D eigenvalue weighted by molar-refractivity contribution is -0.301. The molecule has 5 rings (SSSR count). The first-order chi connectivity index (χ1) is 12.1. The lowest BCUT2D eigenvalue weighted by atomic mass is 9.72. The third-order valence-electron chi connectivity index (χ3n) is 6.36. The number of carbonyl (C=O) groups is 1. The van der Waals surface area contributed by atoms with Crippen molar-refractivity contribution < 1.29 is 14.6 Å². The summed E-state index contributed by atoms with van der Waals surface area (Å²) in [7, 11) is 0. The number of carboxylic acid groups (broad SMARTS) is 1. The van der Waals surface area contributed by atoms with Crippen LogP contribution in [-0.4, -0.2) is 35.0 Å². The van der Waals surface area contributed by atoms with E-state index >= 15 is 0 Å². The van der Waals surface area contributed by atoms with E-state index in [4.69, 9.17) is 4.74 Å². The molecule has 5 nitrogen and oxygen atoms in total. The first kappa shape index (κ1) is 15.0. The van der Waals surface area contributed by atoms with Gasteiger partial charge in [-0.3, -0.25) is 4.90 Å². The van der Waals surface area contributed by atoms with Crippen molar-refractivity contribution in [1.82, 2.24) is 9.88 Å². The number of para-hydroxylation sites is 1. The minimum atomic E-state index is -1.09. The van der Waals surface area contributed by atoms with E-state index in [1.165, 1.54) is 28.4 Å². The van der Waals surface area contributed by atoms with Crippen LogP contribution >= 0.6 is 0 Å². The van der Waals surface area contributed by atoms with E-state index in [0.717, 1.165) is 25.9 Å². The zero-order chi connectivity index (χ0) is 17.1. The SMILES string of the molecule is C[C@@H]1OC=C(C(=O)[O-])[C@H]2C[C@H]3c4[nH]c5ccccc5c4CCN3C[C@@H]12. The molecule has 5 heteroatoms. The highest BCUT2D eigenvalue weighted by Gasteiger charge is 2.45. The number of carboxylic acids is 1. The maximum absolute atomic E-state index is 11.6. The molecule has 3 aliphatic heterocycles. The number of aromatic amines is 1. The van der Waals surface area contributed by atoms with Crippen LogP contribution < -0.4 is 5.11 Å². The fourth-order valence-electron chi connectivity index (χ4n) is 5.07. The Morgan fingerprint density at radius 3 is 3.04 bits per heavy atom. The maximum atomic E-state index is 11.6. The second-order valence-corrected chi connectivity index (χ2v) is 7.53. The topological polar surface area (TPSA) is 68.4 Å². The predicted molar refractivity (Wildman–Crippen MR) is 91.6 cm³/mol. The second kappa shape index (κ2) is 5.36. The number of carbonyl (C=O) groups excluding carboxylic acids is 1. The highest BCUT2D eigenvalue weighted by molar-refractivity contribution is 5.86. The van der Waals surface area contributed by atoms with Gasteiger partial charge in [-0.1, -0.05) is 18.2 Å². The number of ether oxygens (including phenoxy) is 1. The van der Waals surface area contributed by atoms with Gasteiger partial charge in [-0.05, 0) is 37.3 Å². The number of nitrogens with one attached hydrogen (secondary N) is 1. The molecule has 1 aromatic heterocycles. The lowest BCUT2D eigenvalue weighted by Gasteiger charge is -2.49. The summed E-state index contributed by atoms with van der Waals surface area (Å²) in [6, 6.07) is 8.67. The van der Waals surface area contributed by atoms with Gasteiger partial charge in [-0.2, -0.15) is 0 Å². The number of H-pyrrole nitrogens is 1. The molecule has 0 unspecified atom stereocenters. The summed E-state index contributed by atoms with van der Waals surface area (Å²) < 4.78 is 5.60. The van der Waals surface area contributed by atoms with E-state index in [1.807, 2.05) is 6.92 Å².